The maximum absolute atomic E-state index is 12.1. The lowest BCUT2D eigenvalue weighted by Crippen LogP contribution is -2.34. The van der Waals surface area contributed by atoms with Gasteiger partial charge in [0.25, 0.3) is 11.1 Å². The number of hydrogen-bond acceptors (Lipinski definition) is 6. The first-order valence-corrected chi connectivity index (χ1v) is 8.53. The predicted octanol–water partition coefficient (Wildman–Crippen LogP) is -0.0383. The van der Waals surface area contributed by atoms with Crippen molar-refractivity contribution in [3.63, 3.8) is 0 Å². The lowest BCUT2D eigenvalue weighted by atomic mass is 10.2. The monoisotopic (exact) mass is 347 g/mol. The maximum Gasteiger partial charge on any atom is 0.256 e. The normalized spacial score (nSPS) is 16.0. The van der Waals surface area contributed by atoms with Crippen molar-refractivity contribution < 1.29 is 4.79 Å². The molecule has 8 nitrogen and oxygen atoms in total. The van der Waals surface area contributed by atoms with Gasteiger partial charge in [0.2, 0.25) is 5.91 Å². The van der Waals surface area contributed by atoms with Crippen LogP contribution in [0.15, 0.2) is 39.5 Å². The van der Waals surface area contributed by atoms with Gasteiger partial charge in [-0.1, -0.05) is 11.8 Å². The minimum absolute atomic E-state index is 0.113. The van der Waals surface area contributed by atoms with Crippen molar-refractivity contribution in [2.24, 2.45) is 0 Å². The van der Waals surface area contributed by atoms with Gasteiger partial charge in [-0.15, -0.1) is 0 Å². The first kappa shape index (κ1) is 16.4. The van der Waals surface area contributed by atoms with Gasteiger partial charge in [0.15, 0.2) is 5.16 Å². The SMILES string of the molecule is Cc1cncn(CCNC(=O)CC2CSc3nccc(=O)n32)c1=O. The van der Waals surface area contributed by atoms with Gasteiger partial charge < -0.3 is 5.32 Å². The molecular formula is C15H17N5O3S. The molecule has 1 amide bonds. The van der Waals surface area contributed by atoms with E-state index in [9.17, 15) is 14.4 Å². The molecule has 1 N–H and O–H groups in total. The van der Waals surface area contributed by atoms with Crippen LogP contribution in [0.3, 0.4) is 0 Å². The summed E-state index contributed by atoms with van der Waals surface area (Å²) in [6.07, 6.45) is 4.67. The molecule has 1 aliphatic heterocycles. The lowest BCUT2D eigenvalue weighted by Gasteiger charge is -2.13. The minimum Gasteiger partial charge on any atom is -0.354 e. The molecule has 0 radical (unpaired) electrons. The van der Waals surface area contributed by atoms with Crippen LogP contribution in [0.5, 0.6) is 0 Å². The summed E-state index contributed by atoms with van der Waals surface area (Å²) >= 11 is 1.47. The molecule has 1 atom stereocenters. The second-order valence-corrected chi connectivity index (χ2v) is 6.52. The fourth-order valence-electron chi connectivity index (χ4n) is 2.56. The number of aryl methyl sites for hydroxylation is 1. The molecule has 126 valence electrons. The van der Waals surface area contributed by atoms with Gasteiger partial charge in [0.05, 0.1) is 12.4 Å². The van der Waals surface area contributed by atoms with Crippen LogP contribution < -0.4 is 16.4 Å². The van der Waals surface area contributed by atoms with E-state index < -0.39 is 0 Å². The number of carbonyl (C=O) groups is 1. The van der Waals surface area contributed by atoms with Gasteiger partial charge in [-0.25, -0.2) is 9.97 Å². The highest BCUT2D eigenvalue weighted by Crippen LogP contribution is 2.31. The molecule has 1 aliphatic rings. The minimum atomic E-state index is -0.186. The Balaban J connectivity index is 1.55. The van der Waals surface area contributed by atoms with Gasteiger partial charge in [-0.3, -0.25) is 23.5 Å². The molecule has 0 aliphatic carbocycles. The van der Waals surface area contributed by atoms with Crippen LogP contribution in [0, 0.1) is 6.92 Å². The zero-order valence-electron chi connectivity index (χ0n) is 13.1. The van der Waals surface area contributed by atoms with Crippen LogP contribution in [0.1, 0.15) is 18.0 Å². The van der Waals surface area contributed by atoms with Crippen molar-refractivity contribution in [1.82, 2.24) is 24.4 Å². The zero-order valence-corrected chi connectivity index (χ0v) is 14.0. The van der Waals surface area contributed by atoms with E-state index in [0.29, 0.717) is 29.6 Å². The molecule has 9 heteroatoms. The van der Waals surface area contributed by atoms with E-state index in [2.05, 4.69) is 15.3 Å². The standard InChI is InChI=1S/C15H17N5O3S/c1-10-7-16-9-19(14(10)23)5-4-17-12(21)6-11-8-24-15-18-3-2-13(22)20(11)15/h2-3,7,9,11H,4-6,8H2,1H3,(H,17,21). The number of rotatable bonds is 5. The van der Waals surface area contributed by atoms with Crippen LogP contribution in [0.4, 0.5) is 0 Å². The zero-order chi connectivity index (χ0) is 17.1. The molecule has 24 heavy (non-hydrogen) atoms. The second-order valence-electron chi connectivity index (χ2n) is 5.53. The van der Waals surface area contributed by atoms with Crippen molar-refractivity contribution in [3.8, 4) is 0 Å². The number of nitrogens with one attached hydrogen (secondary N) is 1. The maximum atomic E-state index is 12.1. The number of amides is 1. The number of hydrogen-bond donors (Lipinski definition) is 1. The Morgan fingerprint density at radius 2 is 2.29 bits per heavy atom. The Morgan fingerprint density at radius 1 is 1.46 bits per heavy atom. The summed E-state index contributed by atoms with van der Waals surface area (Å²) < 4.78 is 3.03. The molecule has 0 spiro atoms. The third-order valence-corrected chi connectivity index (χ3v) is 4.90. The van der Waals surface area contributed by atoms with Gasteiger partial charge in [-0.2, -0.15) is 0 Å². The van der Waals surface area contributed by atoms with E-state index in [4.69, 9.17) is 0 Å². The highest BCUT2D eigenvalue weighted by Gasteiger charge is 2.26. The number of carbonyl (C=O) groups excluding carboxylic acids is 1. The van der Waals surface area contributed by atoms with Crippen molar-refractivity contribution in [3.05, 3.63) is 51.1 Å². The number of aromatic nitrogens is 4. The summed E-state index contributed by atoms with van der Waals surface area (Å²) in [5, 5.41) is 3.43. The molecule has 0 fully saturated rings. The molecule has 0 saturated carbocycles. The number of fused-ring (bicyclic) bond motifs is 1. The average Bonchev–Trinajstić information content (AvgIpc) is 2.96. The van der Waals surface area contributed by atoms with E-state index in [0.717, 1.165) is 0 Å². The van der Waals surface area contributed by atoms with Gasteiger partial charge in [-0.05, 0) is 6.92 Å². The lowest BCUT2D eigenvalue weighted by molar-refractivity contribution is -0.121. The Labute approximate surface area is 141 Å². The van der Waals surface area contributed by atoms with E-state index in [1.807, 2.05) is 0 Å². The number of thioether (sulfide) groups is 1. The summed E-state index contributed by atoms with van der Waals surface area (Å²) in [5.74, 6) is 0.499. The fraction of sp³-hybridized carbons (Fsp3) is 0.400. The van der Waals surface area contributed by atoms with Crippen molar-refractivity contribution in [2.45, 2.75) is 31.1 Å². The highest BCUT2D eigenvalue weighted by atomic mass is 32.2. The molecule has 2 aromatic heterocycles. The van der Waals surface area contributed by atoms with Gasteiger partial charge in [0.1, 0.15) is 0 Å². The summed E-state index contributed by atoms with van der Waals surface area (Å²) in [6, 6.07) is 1.21. The van der Waals surface area contributed by atoms with Crippen molar-refractivity contribution in [1.29, 1.82) is 0 Å². The molecular weight excluding hydrogens is 330 g/mol. The van der Waals surface area contributed by atoms with E-state index in [1.165, 1.54) is 41.1 Å². The van der Waals surface area contributed by atoms with Crippen LogP contribution in [-0.2, 0) is 11.3 Å². The molecule has 0 bridgehead atoms. The van der Waals surface area contributed by atoms with E-state index in [1.54, 1.807) is 11.5 Å². The Morgan fingerprint density at radius 3 is 3.12 bits per heavy atom. The number of nitrogens with zero attached hydrogens (tertiary/aromatic N) is 4. The summed E-state index contributed by atoms with van der Waals surface area (Å²) in [6.45, 7) is 2.39. The first-order chi connectivity index (χ1) is 11.6. The van der Waals surface area contributed by atoms with Crippen LogP contribution in [0.2, 0.25) is 0 Å². The second kappa shape index (κ2) is 7.00. The summed E-state index contributed by atoms with van der Waals surface area (Å²) in [4.78, 5) is 44.0. The van der Waals surface area contributed by atoms with Gasteiger partial charge >= 0.3 is 0 Å². The Kier molecular flexibility index (Phi) is 4.79. The highest BCUT2D eigenvalue weighted by molar-refractivity contribution is 7.99. The van der Waals surface area contributed by atoms with Crippen molar-refractivity contribution >= 4 is 17.7 Å². The Bertz CT molecular complexity index is 876. The third kappa shape index (κ3) is 3.40. The van der Waals surface area contributed by atoms with E-state index in [-0.39, 0.29) is 29.5 Å². The molecule has 3 heterocycles. The van der Waals surface area contributed by atoms with Crippen LogP contribution in [0.25, 0.3) is 0 Å². The molecule has 0 aromatic carbocycles. The van der Waals surface area contributed by atoms with Gasteiger partial charge in [0, 0.05) is 49.3 Å². The fourth-order valence-corrected chi connectivity index (χ4v) is 3.68. The van der Waals surface area contributed by atoms with E-state index >= 15 is 0 Å². The average molecular weight is 347 g/mol. The topological polar surface area (TPSA) is 98.9 Å². The summed E-state index contributed by atoms with van der Waals surface area (Å²) in [7, 11) is 0. The third-order valence-electron chi connectivity index (χ3n) is 3.78. The molecule has 0 saturated heterocycles. The van der Waals surface area contributed by atoms with Crippen LogP contribution in [-0.4, -0.2) is 37.3 Å². The van der Waals surface area contributed by atoms with Crippen LogP contribution >= 0.6 is 11.8 Å². The predicted molar refractivity (Wildman–Crippen MR) is 89.1 cm³/mol. The smallest absolute Gasteiger partial charge is 0.256 e. The first-order valence-electron chi connectivity index (χ1n) is 7.54. The van der Waals surface area contributed by atoms with Crippen molar-refractivity contribution in [2.75, 3.05) is 12.3 Å². The molecule has 2 aromatic rings. The molecule has 1 unspecified atom stereocenters. The summed E-state index contributed by atoms with van der Waals surface area (Å²) in [5.41, 5.74) is 0.313. The largest absolute Gasteiger partial charge is 0.354 e. The quantitative estimate of drug-likeness (QED) is 0.762. The molecule has 3 rings (SSSR count). The Hall–Kier alpha value is -2.42.